The fourth-order valence-electron chi connectivity index (χ4n) is 2.76. The number of hydrogen-bond acceptors (Lipinski definition) is 3. The summed E-state index contributed by atoms with van der Waals surface area (Å²) in [5.74, 6) is 0. The van der Waals surface area contributed by atoms with Crippen molar-refractivity contribution in [3.8, 4) is 0 Å². The lowest BCUT2D eigenvalue weighted by Gasteiger charge is -2.31. The standard InChI is InChI=1S/C14H30N2O/c1-5-15-12(3)10-13(4)16(6-2)11-14-8-7-9-17-14/h12-15H,5-11H2,1-4H3. The van der Waals surface area contributed by atoms with Crippen LogP contribution in [0, 0.1) is 0 Å². The van der Waals surface area contributed by atoms with Crippen LogP contribution in [0.4, 0.5) is 0 Å². The molecule has 0 aromatic carbocycles. The summed E-state index contributed by atoms with van der Waals surface area (Å²) < 4.78 is 5.73. The molecule has 0 spiro atoms. The van der Waals surface area contributed by atoms with Gasteiger partial charge in [-0.15, -0.1) is 0 Å². The molecule has 0 amide bonds. The molecule has 3 unspecified atom stereocenters. The minimum Gasteiger partial charge on any atom is -0.377 e. The van der Waals surface area contributed by atoms with E-state index in [0.717, 1.165) is 26.2 Å². The first kappa shape index (κ1) is 14.9. The average molecular weight is 242 g/mol. The largest absolute Gasteiger partial charge is 0.377 e. The number of nitrogens with one attached hydrogen (secondary N) is 1. The lowest BCUT2D eigenvalue weighted by molar-refractivity contribution is 0.0589. The highest BCUT2D eigenvalue weighted by Gasteiger charge is 2.22. The van der Waals surface area contributed by atoms with E-state index in [1.165, 1.54) is 19.3 Å². The lowest BCUT2D eigenvalue weighted by Crippen LogP contribution is -2.42. The second-order valence-corrected chi connectivity index (χ2v) is 5.27. The topological polar surface area (TPSA) is 24.5 Å². The van der Waals surface area contributed by atoms with Crippen molar-refractivity contribution in [3.05, 3.63) is 0 Å². The predicted molar refractivity (Wildman–Crippen MR) is 73.4 cm³/mol. The molecule has 3 atom stereocenters. The Kier molecular flexibility index (Phi) is 7.09. The summed E-state index contributed by atoms with van der Waals surface area (Å²) in [6.07, 6.45) is 4.18. The normalized spacial score (nSPS) is 24.2. The summed E-state index contributed by atoms with van der Waals surface area (Å²) in [4.78, 5) is 2.56. The zero-order valence-corrected chi connectivity index (χ0v) is 12.0. The number of nitrogens with zero attached hydrogens (tertiary/aromatic N) is 1. The predicted octanol–water partition coefficient (Wildman–Crippen LogP) is 2.26. The zero-order chi connectivity index (χ0) is 12.7. The molecule has 102 valence electrons. The van der Waals surface area contributed by atoms with E-state index >= 15 is 0 Å². The molecule has 0 saturated carbocycles. The molecule has 1 heterocycles. The molecular formula is C14H30N2O. The summed E-state index contributed by atoms with van der Waals surface area (Å²) >= 11 is 0. The molecule has 17 heavy (non-hydrogen) atoms. The molecule has 1 aliphatic rings. The maximum atomic E-state index is 5.73. The van der Waals surface area contributed by atoms with Gasteiger partial charge in [0.1, 0.15) is 0 Å². The van der Waals surface area contributed by atoms with Gasteiger partial charge < -0.3 is 10.1 Å². The third-order valence-electron chi connectivity index (χ3n) is 3.74. The van der Waals surface area contributed by atoms with E-state index in [2.05, 4.69) is 37.9 Å². The van der Waals surface area contributed by atoms with E-state index in [4.69, 9.17) is 4.74 Å². The highest BCUT2D eigenvalue weighted by atomic mass is 16.5. The van der Waals surface area contributed by atoms with Gasteiger partial charge in [-0.2, -0.15) is 0 Å². The van der Waals surface area contributed by atoms with Gasteiger partial charge in [0.15, 0.2) is 0 Å². The van der Waals surface area contributed by atoms with Crippen LogP contribution in [0.2, 0.25) is 0 Å². The van der Waals surface area contributed by atoms with Gasteiger partial charge in [0.05, 0.1) is 6.10 Å². The summed E-state index contributed by atoms with van der Waals surface area (Å²) in [5, 5.41) is 3.49. The van der Waals surface area contributed by atoms with Crippen molar-refractivity contribution >= 4 is 0 Å². The van der Waals surface area contributed by atoms with Crippen molar-refractivity contribution < 1.29 is 4.74 Å². The van der Waals surface area contributed by atoms with Crippen molar-refractivity contribution in [2.75, 3.05) is 26.2 Å². The molecular weight excluding hydrogens is 212 g/mol. The molecule has 1 saturated heterocycles. The summed E-state index contributed by atoms with van der Waals surface area (Å²) in [7, 11) is 0. The summed E-state index contributed by atoms with van der Waals surface area (Å²) in [6.45, 7) is 13.3. The van der Waals surface area contributed by atoms with Gasteiger partial charge in [0.25, 0.3) is 0 Å². The van der Waals surface area contributed by atoms with Crippen LogP contribution in [-0.2, 0) is 4.74 Å². The van der Waals surface area contributed by atoms with E-state index in [-0.39, 0.29) is 0 Å². The molecule has 1 rings (SSSR count). The van der Waals surface area contributed by atoms with Gasteiger partial charge in [0.2, 0.25) is 0 Å². The Labute approximate surface area is 107 Å². The van der Waals surface area contributed by atoms with E-state index in [1.54, 1.807) is 0 Å². The molecule has 0 aromatic heterocycles. The Hall–Kier alpha value is -0.120. The van der Waals surface area contributed by atoms with Gasteiger partial charge in [-0.05, 0) is 46.2 Å². The Balaban J connectivity index is 2.31. The van der Waals surface area contributed by atoms with Crippen molar-refractivity contribution in [3.63, 3.8) is 0 Å². The minimum atomic E-state index is 0.479. The first-order chi connectivity index (χ1) is 8.17. The van der Waals surface area contributed by atoms with Gasteiger partial charge in [-0.1, -0.05) is 13.8 Å². The molecule has 1 N–H and O–H groups in total. The molecule has 3 heteroatoms. The van der Waals surface area contributed by atoms with Crippen molar-refractivity contribution in [2.45, 2.75) is 65.1 Å². The molecule has 1 fully saturated rings. The first-order valence-electron chi connectivity index (χ1n) is 7.26. The number of rotatable bonds is 8. The van der Waals surface area contributed by atoms with Gasteiger partial charge in [0, 0.05) is 25.2 Å². The van der Waals surface area contributed by atoms with E-state index in [0.29, 0.717) is 18.2 Å². The summed E-state index contributed by atoms with van der Waals surface area (Å²) in [6, 6.07) is 1.24. The second kappa shape index (κ2) is 8.06. The molecule has 3 nitrogen and oxygen atoms in total. The van der Waals surface area contributed by atoms with Gasteiger partial charge in [-0.25, -0.2) is 0 Å². The Bertz CT molecular complexity index is 193. The van der Waals surface area contributed by atoms with Crippen LogP contribution in [0.1, 0.15) is 47.0 Å². The number of likely N-dealkylation sites (N-methyl/N-ethyl adjacent to an activating group) is 1. The number of hydrogen-bond donors (Lipinski definition) is 1. The fraction of sp³-hybridized carbons (Fsp3) is 1.00. The van der Waals surface area contributed by atoms with Crippen molar-refractivity contribution in [2.24, 2.45) is 0 Å². The SMILES string of the molecule is CCNC(C)CC(C)N(CC)CC1CCCO1. The van der Waals surface area contributed by atoms with E-state index in [1.807, 2.05) is 0 Å². The third-order valence-corrected chi connectivity index (χ3v) is 3.74. The highest BCUT2D eigenvalue weighted by Crippen LogP contribution is 2.16. The van der Waals surface area contributed by atoms with Crippen LogP contribution in [-0.4, -0.2) is 49.3 Å². The number of ether oxygens (including phenoxy) is 1. The smallest absolute Gasteiger partial charge is 0.0702 e. The minimum absolute atomic E-state index is 0.479. The average Bonchev–Trinajstić information content (AvgIpc) is 2.78. The van der Waals surface area contributed by atoms with E-state index in [9.17, 15) is 0 Å². The molecule has 1 aliphatic heterocycles. The van der Waals surface area contributed by atoms with Crippen LogP contribution in [0.5, 0.6) is 0 Å². The van der Waals surface area contributed by atoms with Crippen LogP contribution >= 0.6 is 0 Å². The molecule has 0 aromatic rings. The fourth-order valence-corrected chi connectivity index (χ4v) is 2.76. The quantitative estimate of drug-likeness (QED) is 0.706. The van der Waals surface area contributed by atoms with Gasteiger partial charge in [-0.3, -0.25) is 4.90 Å². The Morgan fingerprint density at radius 2 is 2.12 bits per heavy atom. The van der Waals surface area contributed by atoms with Crippen molar-refractivity contribution in [1.29, 1.82) is 0 Å². The van der Waals surface area contributed by atoms with Crippen molar-refractivity contribution in [1.82, 2.24) is 10.2 Å². The van der Waals surface area contributed by atoms with Gasteiger partial charge >= 0.3 is 0 Å². The van der Waals surface area contributed by atoms with Crippen LogP contribution in [0.3, 0.4) is 0 Å². The zero-order valence-electron chi connectivity index (χ0n) is 12.0. The maximum Gasteiger partial charge on any atom is 0.0702 e. The van der Waals surface area contributed by atoms with E-state index < -0.39 is 0 Å². The molecule has 0 bridgehead atoms. The maximum absolute atomic E-state index is 5.73. The van der Waals surface area contributed by atoms with Crippen LogP contribution < -0.4 is 5.32 Å². The molecule has 0 radical (unpaired) electrons. The lowest BCUT2D eigenvalue weighted by atomic mass is 10.1. The highest BCUT2D eigenvalue weighted by molar-refractivity contribution is 4.76. The first-order valence-corrected chi connectivity index (χ1v) is 7.26. The summed E-state index contributed by atoms with van der Waals surface area (Å²) in [5.41, 5.74) is 0. The van der Waals surface area contributed by atoms with Crippen LogP contribution in [0.25, 0.3) is 0 Å². The third kappa shape index (κ3) is 5.36. The Morgan fingerprint density at radius 3 is 2.65 bits per heavy atom. The van der Waals surface area contributed by atoms with Crippen LogP contribution in [0.15, 0.2) is 0 Å². The molecule has 0 aliphatic carbocycles. The second-order valence-electron chi connectivity index (χ2n) is 5.27. The monoisotopic (exact) mass is 242 g/mol. The Morgan fingerprint density at radius 1 is 1.35 bits per heavy atom.